The average molecular weight is 495 g/mol. The van der Waals surface area contributed by atoms with Gasteiger partial charge in [-0.3, -0.25) is 0 Å². The Bertz CT molecular complexity index is 606. The summed E-state index contributed by atoms with van der Waals surface area (Å²) in [6.07, 6.45) is 3.79. The van der Waals surface area contributed by atoms with Crippen LogP contribution >= 0.6 is 56.5 Å². The molecule has 1 N–H and O–H groups in total. The molecule has 1 atom stereocenters. The van der Waals surface area contributed by atoms with Crippen molar-refractivity contribution in [2.45, 2.75) is 32.2 Å². The zero-order valence-corrected chi connectivity index (χ0v) is 15.8. The van der Waals surface area contributed by atoms with Gasteiger partial charge in [0.05, 0.1) is 8.93 Å². The third kappa shape index (κ3) is 3.10. The van der Waals surface area contributed by atoms with Crippen molar-refractivity contribution >= 4 is 62.2 Å². The van der Waals surface area contributed by atoms with E-state index in [1.54, 1.807) is 4.88 Å². The Balaban J connectivity index is 1.86. The Kier molecular flexibility index (Phi) is 4.38. The molecule has 3 rings (SSSR count). The van der Waals surface area contributed by atoms with Gasteiger partial charge in [-0.2, -0.15) is 0 Å². The SMILES string of the molecule is Cc1ccc(NC2CCCc3sc(I)cc32)cc1I. The molecule has 1 nitrogen and oxygen atoms in total. The van der Waals surface area contributed by atoms with Crippen molar-refractivity contribution < 1.29 is 0 Å². The van der Waals surface area contributed by atoms with Crippen molar-refractivity contribution in [1.82, 2.24) is 0 Å². The minimum absolute atomic E-state index is 0.488. The quantitative estimate of drug-likeness (QED) is 0.524. The second-order valence-corrected chi connectivity index (χ2v) is 9.18. The fraction of sp³-hybridized carbons (Fsp3) is 0.333. The van der Waals surface area contributed by atoms with Crippen LogP contribution in [0.4, 0.5) is 5.69 Å². The van der Waals surface area contributed by atoms with Crippen molar-refractivity contribution in [3.8, 4) is 0 Å². The van der Waals surface area contributed by atoms with Crippen LogP contribution in [0, 0.1) is 13.4 Å². The molecule has 1 heterocycles. The molecule has 19 heavy (non-hydrogen) atoms. The van der Waals surface area contributed by atoms with Gasteiger partial charge < -0.3 is 5.32 Å². The van der Waals surface area contributed by atoms with Crippen molar-refractivity contribution in [2.75, 3.05) is 5.32 Å². The summed E-state index contributed by atoms with van der Waals surface area (Å²) in [4.78, 5) is 1.58. The van der Waals surface area contributed by atoms with E-state index in [2.05, 4.69) is 81.7 Å². The highest BCUT2D eigenvalue weighted by molar-refractivity contribution is 14.1. The van der Waals surface area contributed by atoms with Crippen LogP contribution in [0.2, 0.25) is 0 Å². The number of benzene rings is 1. The maximum absolute atomic E-state index is 3.72. The second-order valence-electron chi connectivity index (χ2n) is 4.98. The maximum Gasteiger partial charge on any atom is 0.0660 e. The third-order valence-electron chi connectivity index (χ3n) is 3.60. The first kappa shape index (κ1) is 14.1. The number of nitrogens with one attached hydrogen (secondary N) is 1. The van der Waals surface area contributed by atoms with Gasteiger partial charge >= 0.3 is 0 Å². The minimum atomic E-state index is 0.488. The van der Waals surface area contributed by atoms with E-state index in [0.717, 1.165) is 0 Å². The molecule has 0 fully saturated rings. The number of halogens is 2. The number of rotatable bonds is 2. The monoisotopic (exact) mass is 495 g/mol. The lowest BCUT2D eigenvalue weighted by atomic mass is 9.94. The average Bonchev–Trinajstić information content (AvgIpc) is 2.75. The van der Waals surface area contributed by atoms with Crippen LogP contribution in [-0.2, 0) is 6.42 Å². The zero-order valence-electron chi connectivity index (χ0n) is 10.7. The topological polar surface area (TPSA) is 12.0 Å². The number of fused-ring (bicyclic) bond motifs is 1. The van der Waals surface area contributed by atoms with Gasteiger partial charge in [0.25, 0.3) is 0 Å². The van der Waals surface area contributed by atoms with Crippen molar-refractivity contribution in [2.24, 2.45) is 0 Å². The van der Waals surface area contributed by atoms with Gasteiger partial charge in [-0.25, -0.2) is 0 Å². The number of thiophene rings is 1. The fourth-order valence-corrected chi connectivity index (χ4v) is 5.19. The normalized spacial score (nSPS) is 18.2. The molecule has 0 aliphatic heterocycles. The summed E-state index contributed by atoms with van der Waals surface area (Å²) < 4.78 is 2.74. The van der Waals surface area contributed by atoms with Crippen LogP contribution < -0.4 is 5.32 Å². The summed E-state index contributed by atoms with van der Waals surface area (Å²) >= 11 is 6.81. The van der Waals surface area contributed by atoms with Gasteiger partial charge in [-0.1, -0.05) is 6.07 Å². The molecule has 1 aromatic carbocycles. The molecular weight excluding hydrogens is 480 g/mol. The summed E-state index contributed by atoms with van der Waals surface area (Å²) in [6, 6.07) is 9.49. The molecule has 0 bridgehead atoms. The number of anilines is 1. The highest BCUT2D eigenvalue weighted by Crippen LogP contribution is 2.38. The third-order valence-corrected chi connectivity index (χ3v) is 6.73. The largest absolute Gasteiger partial charge is 0.378 e. The Hall–Kier alpha value is 0.180. The van der Waals surface area contributed by atoms with E-state index in [1.165, 1.54) is 42.5 Å². The molecule has 0 saturated carbocycles. The molecule has 0 radical (unpaired) electrons. The Morgan fingerprint density at radius 2 is 2.11 bits per heavy atom. The number of hydrogen-bond donors (Lipinski definition) is 1. The van der Waals surface area contributed by atoms with Crippen LogP contribution in [0.5, 0.6) is 0 Å². The summed E-state index contributed by atoms with van der Waals surface area (Å²) in [7, 11) is 0. The van der Waals surface area contributed by atoms with E-state index in [-0.39, 0.29) is 0 Å². The molecule has 100 valence electrons. The predicted octanol–water partition coefficient (Wildman–Crippen LogP) is 5.76. The first-order chi connectivity index (χ1) is 9.13. The van der Waals surface area contributed by atoms with E-state index >= 15 is 0 Å². The van der Waals surface area contributed by atoms with Crippen molar-refractivity contribution in [3.63, 3.8) is 0 Å². The Morgan fingerprint density at radius 1 is 1.26 bits per heavy atom. The lowest BCUT2D eigenvalue weighted by Crippen LogP contribution is -2.15. The summed E-state index contributed by atoms with van der Waals surface area (Å²) in [5.74, 6) is 0. The molecule has 0 saturated heterocycles. The predicted molar refractivity (Wildman–Crippen MR) is 100 cm³/mol. The Morgan fingerprint density at radius 3 is 2.89 bits per heavy atom. The van der Waals surface area contributed by atoms with Crippen LogP contribution in [0.15, 0.2) is 24.3 Å². The summed E-state index contributed by atoms with van der Waals surface area (Å²) in [5, 5.41) is 3.72. The van der Waals surface area contributed by atoms with Gasteiger partial charge in [0.15, 0.2) is 0 Å². The zero-order chi connectivity index (χ0) is 13.4. The number of hydrogen-bond acceptors (Lipinski definition) is 2. The molecule has 1 aromatic heterocycles. The smallest absolute Gasteiger partial charge is 0.0660 e. The molecule has 0 spiro atoms. The molecule has 1 unspecified atom stereocenters. The minimum Gasteiger partial charge on any atom is -0.378 e. The van der Waals surface area contributed by atoms with E-state index < -0.39 is 0 Å². The first-order valence-corrected chi connectivity index (χ1v) is 9.41. The van der Waals surface area contributed by atoms with Gasteiger partial charge in [0.1, 0.15) is 0 Å². The van der Waals surface area contributed by atoms with E-state index in [1.807, 2.05) is 11.3 Å². The van der Waals surface area contributed by atoms with Crippen LogP contribution in [0.25, 0.3) is 0 Å². The molecule has 4 heteroatoms. The van der Waals surface area contributed by atoms with E-state index in [0.29, 0.717) is 6.04 Å². The summed E-state index contributed by atoms with van der Waals surface area (Å²) in [6.45, 7) is 2.16. The fourth-order valence-electron chi connectivity index (χ4n) is 2.56. The number of aryl methyl sites for hydroxylation is 2. The summed E-state index contributed by atoms with van der Waals surface area (Å²) in [5.41, 5.74) is 4.12. The van der Waals surface area contributed by atoms with E-state index in [4.69, 9.17) is 0 Å². The molecule has 2 aromatic rings. The lowest BCUT2D eigenvalue weighted by molar-refractivity contribution is 0.609. The van der Waals surface area contributed by atoms with Crippen LogP contribution in [-0.4, -0.2) is 0 Å². The molecular formula is C15H15I2NS. The van der Waals surface area contributed by atoms with Crippen molar-refractivity contribution in [1.29, 1.82) is 0 Å². The maximum atomic E-state index is 3.72. The van der Waals surface area contributed by atoms with Gasteiger partial charge in [-0.15, -0.1) is 11.3 Å². The van der Waals surface area contributed by atoms with Gasteiger partial charge in [0.2, 0.25) is 0 Å². The van der Waals surface area contributed by atoms with Crippen molar-refractivity contribution in [3.05, 3.63) is 46.7 Å². The molecule has 1 aliphatic rings. The van der Waals surface area contributed by atoms with Crippen LogP contribution in [0.3, 0.4) is 0 Å². The molecule has 0 amide bonds. The second kappa shape index (κ2) is 5.89. The highest BCUT2D eigenvalue weighted by Gasteiger charge is 2.22. The Labute approximate surface area is 145 Å². The lowest BCUT2D eigenvalue weighted by Gasteiger charge is -2.25. The standard InChI is InChI=1S/C15H15I2NS/c1-9-5-6-10(7-12(9)16)18-13-3-2-4-14-11(13)8-15(17)19-14/h5-8,13,18H,2-4H2,1H3. The molecule has 1 aliphatic carbocycles. The van der Waals surface area contributed by atoms with Crippen LogP contribution in [0.1, 0.15) is 34.9 Å². The van der Waals surface area contributed by atoms with Gasteiger partial charge in [-0.05, 0) is 101 Å². The van der Waals surface area contributed by atoms with E-state index in [9.17, 15) is 0 Å². The first-order valence-electron chi connectivity index (χ1n) is 6.44. The highest BCUT2D eigenvalue weighted by atomic mass is 127. The van der Waals surface area contributed by atoms with Gasteiger partial charge in [0, 0.05) is 14.1 Å².